The molecule has 1 amide bonds. The first kappa shape index (κ1) is 19.0. The molecule has 6 nitrogen and oxygen atoms in total. The van der Waals surface area contributed by atoms with Crippen molar-refractivity contribution in [3.05, 3.63) is 58.9 Å². The van der Waals surface area contributed by atoms with E-state index in [-0.39, 0.29) is 17.9 Å². The number of halogens is 1. The van der Waals surface area contributed by atoms with E-state index in [1.54, 1.807) is 17.6 Å². The molecule has 2 aliphatic heterocycles. The minimum Gasteiger partial charge on any atom is -0.368 e. The Hall–Kier alpha value is -2.38. The second kappa shape index (κ2) is 7.22. The summed E-state index contributed by atoms with van der Waals surface area (Å²) in [7, 11) is 0. The number of nitrogens with zero attached hydrogens (tertiary/aromatic N) is 3. The van der Waals surface area contributed by atoms with Crippen molar-refractivity contribution in [3.63, 3.8) is 0 Å². The van der Waals surface area contributed by atoms with Crippen LogP contribution in [0.5, 0.6) is 0 Å². The number of rotatable bonds is 5. The molecular weight excluding hydrogens is 420 g/mol. The Labute approximate surface area is 172 Å². The number of amides is 1. The van der Waals surface area contributed by atoms with E-state index < -0.39 is 0 Å². The van der Waals surface area contributed by atoms with Gasteiger partial charge in [0.1, 0.15) is 0 Å². The van der Waals surface area contributed by atoms with Crippen LogP contribution in [0.3, 0.4) is 0 Å². The molecule has 2 aliphatic rings. The highest BCUT2D eigenvalue weighted by atomic mass is 79.9. The van der Waals surface area contributed by atoms with Gasteiger partial charge in [0.05, 0.1) is 18.1 Å². The first-order chi connectivity index (χ1) is 13.4. The van der Waals surface area contributed by atoms with Gasteiger partial charge in [-0.3, -0.25) is 19.1 Å². The zero-order chi connectivity index (χ0) is 20.0. The van der Waals surface area contributed by atoms with Gasteiger partial charge in [-0.05, 0) is 29.8 Å². The molecule has 0 atom stereocenters. The molecule has 1 fully saturated rings. The quantitative estimate of drug-likeness (QED) is 0.723. The fraction of sp³-hybridized carbons (Fsp3) is 0.333. The lowest BCUT2D eigenvalue weighted by Crippen LogP contribution is -2.59. The Balaban J connectivity index is 1.43. The molecule has 0 radical (unpaired) electrons. The number of hydrogen-bond donors (Lipinski definition) is 1. The van der Waals surface area contributed by atoms with Gasteiger partial charge < -0.3 is 10.2 Å². The van der Waals surface area contributed by atoms with Gasteiger partial charge in [0.15, 0.2) is 0 Å². The van der Waals surface area contributed by atoms with Gasteiger partial charge in [-0.25, -0.2) is 0 Å². The third-order valence-electron chi connectivity index (χ3n) is 5.47. The second-order valence-electron chi connectivity index (χ2n) is 7.45. The summed E-state index contributed by atoms with van der Waals surface area (Å²) in [4.78, 5) is 28.9. The summed E-state index contributed by atoms with van der Waals surface area (Å²) in [5.74, 6) is 0.00996. The van der Waals surface area contributed by atoms with Crippen LogP contribution >= 0.6 is 15.9 Å². The van der Waals surface area contributed by atoms with Crippen LogP contribution < -0.4 is 5.32 Å². The van der Waals surface area contributed by atoms with Crippen LogP contribution in [0.15, 0.2) is 47.6 Å². The molecule has 7 heteroatoms. The Morgan fingerprint density at radius 2 is 2.07 bits per heavy atom. The van der Waals surface area contributed by atoms with Crippen LogP contribution in [0, 0.1) is 0 Å². The fourth-order valence-electron chi connectivity index (χ4n) is 4.10. The third kappa shape index (κ3) is 3.29. The van der Waals surface area contributed by atoms with E-state index >= 15 is 0 Å². The second-order valence-corrected chi connectivity index (χ2v) is 8.37. The van der Waals surface area contributed by atoms with Crippen molar-refractivity contribution in [2.24, 2.45) is 0 Å². The van der Waals surface area contributed by atoms with E-state index in [4.69, 9.17) is 0 Å². The average Bonchev–Trinajstić information content (AvgIpc) is 3.13. The van der Waals surface area contributed by atoms with Gasteiger partial charge in [-0.2, -0.15) is 0 Å². The number of benzene rings is 1. The number of nitrogens with one attached hydrogen (secondary N) is 1. The summed E-state index contributed by atoms with van der Waals surface area (Å²) in [6.07, 6.45) is 1.73. The van der Waals surface area contributed by atoms with Crippen molar-refractivity contribution < 1.29 is 9.59 Å². The van der Waals surface area contributed by atoms with E-state index in [9.17, 15) is 9.59 Å². The first-order valence-corrected chi connectivity index (χ1v) is 10.1. The summed E-state index contributed by atoms with van der Waals surface area (Å²) in [6.45, 7) is 12.3. The number of fused-ring (bicyclic) bond motifs is 3. The lowest BCUT2D eigenvalue weighted by Gasteiger charge is -2.41. The summed E-state index contributed by atoms with van der Waals surface area (Å²) in [6, 6.07) is 6.12. The van der Waals surface area contributed by atoms with Gasteiger partial charge in [-0.1, -0.05) is 29.1 Å². The number of carbonyl (C=O) groups excluding carboxylic acids is 2. The lowest BCUT2D eigenvalue weighted by molar-refractivity contribution is -0.124. The zero-order valence-corrected chi connectivity index (χ0v) is 17.5. The molecular formula is C21H23BrN4O2. The minimum absolute atomic E-state index is 0.00289. The van der Waals surface area contributed by atoms with E-state index in [0.29, 0.717) is 19.6 Å². The maximum Gasteiger partial charge on any atom is 0.234 e. The molecule has 1 aromatic carbocycles. The third-order valence-corrected chi connectivity index (χ3v) is 5.96. The maximum absolute atomic E-state index is 12.5. The van der Waals surface area contributed by atoms with E-state index in [1.165, 1.54) is 0 Å². The molecule has 28 heavy (non-hydrogen) atoms. The van der Waals surface area contributed by atoms with Gasteiger partial charge in [0.2, 0.25) is 11.8 Å². The fourth-order valence-corrected chi connectivity index (χ4v) is 4.46. The normalized spacial score (nSPS) is 16.7. The van der Waals surface area contributed by atoms with E-state index in [0.717, 1.165) is 45.4 Å². The van der Waals surface area contributed by atoms with Gasteiger partial charge >= 0.3 is 0 Å². The number of carbonyl (C=O) groups is 2. The van der Waals surface area contributed by atoms with E-state index in [1.807, 2.05) is 18.2 Å². The molecule has 4 rings (SSSR count). The number of hydrogen-bond acceptors (Lipinski definition) is 4. The van der Waals surface area contributed by atoms with E-state index in [2.05, 4.69) is 44.2 Å². The largest absolute Gasteiger partial charge is 0.368 e. The van der Waals surface area contributed by atoms with Crippen LogP contribution in [-0.4, -0.2) is 51.9 Å². The van der Waals surface area contributed by atoms with Crippen molar-refractivity contribution in [1.29, 1.82) is 0 Å². The van der Waals surface area contributed by atoms with Crippen LogP contribution in [-0.2, 0) is 17.9 Å². The molecule has 0 bridgehead atoms. The summed E-state index contributed by atoms with van der Waals surface area (Å²) in [5, 5.41) is 4.15. The predicted molar refractivity (Wildman–Crippen MR) is 113 cm³/mol. The number of aromatic nitrogens is 1. The Morgan fingerprint density at radius 1 is 1.32 bits per heavy atom. The summed E-state index contributed by atoms with van der Waals surface area (Å²) < 4.78 is 2.76. The summed E-state index contributed by atoms with van der Waals surface area (Å²) in [5.41, 5.74) is 3.95. The Morgan fingerprint density at radius 3 is 2.75 bits per heavy atom. The Kier molecular flexibility index (Phi) is 4.89. The molecule has 3 heterocycles. The van der Waals surface area contributed by atoms with Gasteiger partial charge in [0, 0.05) is 54.4 Å². The monoisotopic (exact) mass is 442 g/mol. The highest BCUT2D eigenvalue weighted by Crippen LogP contribution is 2.34. The molecule has 146 valence electrons. The smallest absolute Gasteiger partial charge is 0.234 e. The lowest BCUT2D eigenvalue weighted by atomic mass is 10.1. The topological polar surface area (TPSA) is 57.6 Å². The van der Waals surface area contributed by atoms with Crippen molar-refractivity contribution in [2.75, 3.05) is 19.6 Å². The molecule has 0 saturated carbocycles. The van der Waals surface area contributed by atoms with Crippen LogP contribution in [0.1, 0.15) is 23.0 Å². The Bertz CT molecular complexity index is 1000. The zero-order valence-electron chi connectivity index (χ0n) is 15.9. The SMILES string of the molecule is C=CC(=C)N1CC(NC(=O)CN2Cc3c(n(C(C)=O)c4ccc(Br)cc34)C2)C1. The highest BCUT2D eigenvalue weighted by Gasteiger charge is 2.31. The van der Waals surface area contributed by atoms with Crippen molar-refractivity contribution in [1.82, 2.24) is 19.7 Å². The molecule has 1 N–H and O–H groups in total. The first-order valence-electron chi connectivity index (χ1n) is 9.28. The molecule has 1 saturated heterocycles. The van der Waals surface area contributed by atoms with Crippen LogP contribution in [0.25, 0.3) is 10.9 Å². The van der Waals surface area contributed by atoms with Crippen LogP contribution in [0.4, 0.5) is 0 Å². The average molecular weight is 443 g/mol. The molecule has 1 aromatic heterocycles. The highest BCUT2D eigenvalue weighted by molar-refractivity contribution is 9.10. The standard InChI is InChI=1S/C21H23BrN4O2/c1-4-13(2)25-8-16(9-25)23-21(28)12-24-10-18-17-7-15(22)5-6-19(17)26(14(3)27)20(18)11-24/h4-7,16H,1-2,8-12H2,3H3,(H,23,28). The maximum atomic E-state index is 12.5. The molecule has 0 unspecified atom stereocenters. The van der Waals surface area contributed by atoms with Crippen molar-refractivity contribution in [3.8, 4) is 0 Å². The molecule has 0 aliphatic carbocycles. The molecule has 0 spiro atoms. The van der Waals surface area contributed by atoms with Gasteiger partial charge in [0.25, 0.3) is 0 Å². The van der Waals surface area contributed by atoms with Crippen LogP contribution in [0.2, 0.25) is 0 Å². The number of allylic oxidation sites excluding steroid dienone is 1. The number of likely N-dealkylation sites (tertiary alicyclic amines) is 1. The van der Waals surface area contributed by atoms with Gasteiger partial charge in [-0.15, -0.1) is 0 Å². The minimum atomic E-state index is -0.00289. The molecule has 2 aromatic rings. The predicted octanol–water partition coefficient (Wildman–Crippen LogP) is 2.88. The van der Waals surface area contributed by atoms with Crippen molar-refractivity contribution >= 4 is 38.6 Å². The van der Waals surface area contributed by atoms with Crippen molar-refractivity contribution in [2.45, 2.75) is 26.1 Å². The summed E-state index contributed by atoms with van der Waals surface area (Å²) >= 11 is 3.52.